The van der Waals surface area contributed by atoms with Crippen LogP contribution in [0.5, 0.6) is 0 Å². The van der Waals surface area contributed by atoms with Crippen molar-refractivity contribution in [3.05, 3.63) is 40.3 Å². The van der Waals surface area contributed by atoms with E-state index in [4.69, 9.17) is 5.73 Å². The predicted octanol–water partition coefficient (Wildman–Crippen LogP) is 2.99. The summed E-state index contributed by atoms with van der Waals surface area (Å²) in [7, 11) is 0. The average molecular weight is 277 g/mol. The van der Waals surface area contributed by atoms with Crippen molar-refractivity contribution in [2.75, 3.05) is 11.1 Å². The van der Waals surface area contributed by atoms with Gasteiger partial charge >= 0.3 is 5.97 Å². The fourth-order valence-electron chi connectivity index (χ4n) is 1.80. The molecule has 0 bridgehead atoms. The third kappa shape index (κ3) is 3.03. The molecule has 1 aromatic carbocycles. The van der Waals surface area contributed by atoms with Crippen LogP contribution in [-0.4, -0.2) is 16.1 Å². The molecule has 0 spiro atoms. The molecular weight excluding hydrogens is 262 g/mol. The molecule has 0 aliphatic rings. The van der Waals surface area contributed by atoms with Gasteiger partial charge in [-0.25, -0.2) is 9.78 Å². The molecule has 5 nitrogen and oxygen atoms in total. The molecule has 0 amide bonds. The molecule has 1 aromatic heterocycles. The van der Waals surface area contributed by atoms with E-state index in [1.165, 1.54) is 6.07 Å². The number of benzene rings is 1. The minimum atomic E-state index is -0.975. The summed E-state index contributed by atoms with van der Waals surface area (Å²) in [5.74, 6) is -0.975. The first kappa shape index (κ1) is 13.4. The van der Waals surface area contributed by atoms with Gasteiger partial charge in [0.05, 0.1) is 17.3 Å². The number of carboxylic acids is 1. The van der Waals surface area contributed by atoms with Crippen LogP contribution in [0.4, 0.5) is 11.4 Å². The van der Waals surface area contributed by atoms with E-state index >= 15 is 0 Å². The second-order valence-electron chi connectivity index (χ2n) is 4.09. The first-order chi connectivity index (χ1) is 9.11. The Labute approximate surface area is 115 Å². The average Bonchev–Trinajstić information content (AvgIpc) is 2.89. The number of nitrogen functional groups attached to an aromatic ring is 1. The fraction of sp³-hybridized carbons (Fsp3) is 0.231. The summed E-state index contributed by atoms with van der Waals surface area (Å²) in [5, 5.41) is 15.2. The molecular formula is C13H15N3O2S. The van der Waals surface area contributed by atoms with E-state index in [1.54, 1.807) is 29.7 Å². The third-order valence-corrected chi connectivity index (χ3v) is 3.65. The molecule has 0 saturated carbocycles. The maximum Gasteiger partial charge on any atom is 0.337 e. The third-order valence-electron chi connectivity index (χ3n) is 2.76. The number of hydrogen-bond donors (Lipinski definition) is 3. The van der Waals surface area contributed by atoms with Gasteiger partial charge in [-0.2, -0.15) is 0 Å². The second kappa shape index (κ2) is 5.71. The lowest BCUT2D eigenvalue weighted by molar-refractivity contribution is 0.0698. The Balaban J connectivity index is 2.31. The van der Waals surface area contributed by atoms with Crippen molar-refractivity contribution in [1.82, 2.24) is 4.98 Å². The van der Waals surface area contributed by atoms with E-state index in [2.05, 4.69) is 10.3 Å². The van der Waals surface area contributed by atoms with Crippen LogP contribution in [0.3, 0.4) is 0 Å². The Morgan fingerprint density at radius 1 is 1.58 bits per heavy atom. The summed E-state index contributed by atoms with van der Waals surface area (Å²) in [6.07, 6.45) is 2.54. The molecule has 2 aromatic rings. The number of aromatic carboxylic acids is 1. The molecule has 1 atom stereocenters. The van der Waals surface area contributed by atoms with Crippen molar-refractivity contribution in [1.29, 1.82) is 0 Å². The number of carbonyl (C=O) groups is 1. The SMILES string of the molecule is CCC(Nc1cc(N)ccc1C(=O)O)c1nccs1. The van der Waals surface area contributed by atoms with Gasteiger partial charge < -0.3 is 16.2 Å². The first-order valence-electron chi connectivity index (χ1n) is 5.90. The Morgan fingerprint density at radius 2 is 2.37 bits per heavy atom. The number of thiazole rings is 1. The highest BCUT2D eigenvalue weighted by Gasteiger charge is 2.16. The molecule has 0 aliphatic carbocycles. The first-order valence-corrected chi connectivity index (χ1v) is 6.78. The second-order valence-corrected chi connectivity index (χ2v) is 5.01. The van der Waals surface area contributed by atoms with Gasteiger partial charge in [0, 0.05) is 17.3 Å². The van der Waals surface area contributed by atoms with Crippen molar-refractivity contribution in [2.45, 2.75) is 19.4 Å². The van der Waals surface area contributed by atoms with Crippen LogP contribution < -0.4 is 11.1 Å². The van der Waals surface area contributed by atoms with Gasteiger partial charge in [-0.15, -0.1) is 11.3 Å². The number of carboxylic acid groups (broad SMARTS) is 1. The monoisotopic (exact) mass is 277 g/mol. The van der Waals surface area contributed by atoms with E-state index < -0.39 is 5.97 Å². The number of rotatable bonds is 5. The summed E-state index contributed by atoms with van der Waals surface area (Å²) in [4.78, 5) is 15.5. The number of anilines is 2. The number of nitrogens with zero attached hydrogens (tertiary/aromatic N) is 1. The highest BCUT2D eigenvalue weighted by molar-refractivity contribution is 7.09. The van der Waals surface area contributed by atoms with E-state index in [9.17, 15) is 9.90 Å². The maximum atomic E-state index is 11.2. The quantitative estimate of drug-likeness (QED) is 0.731. The fourth-order valence-corrected chi connectivity index (χ4v) is 2.57. The van der Waals surface area contributed by atoms with Gasteiger partial charge in [0.25, 0.3) is 0 Å². The standard InChI is InChI=1S/C13H15N3O2S/c1-2-10(12-15-5-6-19-12)16-11-7-8(14)3-4-9(11)13(17)18/h3-7,10,16H,2,14H2,1H3,(H,17,18). The number of nitrogens with one attached hydrogen (secondary N) is 1. The van der Waals surface area contributed by atoms with Crippen LogP contribution in [0.1, 0.15) is 34.8 Å². The van der Waals surface area contributed by atoms with Crippen molar-refractivity contribution in [2.24, 2.45) is 0 Å². The Bertz CT molecular complexity index is 569. The normalized spacial score (nSPS) is 12.1. The van der Waals surface area contributed by atoms with Crippen LogP contribution in [-0.2, 0) is 0 Å². The minimum absolute atomic E-state index is 0.0140. The van der Waals surface area contributed by atoms with Crippen LogP contribution in [0.25, 0.3) is 0 Å². The van der Waals surface area contributed by atoms with Crippen molar-refractivity contribution >= 4 is 28.7 Å². The predicted molar refractivity (Wildman–Crippen MR) is 76.6 cm³/mol. The van der Waals surface area contributed by atoms with Gasteiger partial charge in [-0.3, -0.25) is 0 Å². The summed E-state index contributed by atoms with van der Waals surface area (Å²) < 4.78 is 0. The summed E-state index contributed by atoms with van der Waals surface area (Å²) in [6.45, 7) is 2.02. The smallest absolute Gasteiger partial charge is 0.337 e. The summed E-state index contributed by atoms with van der Waals surface area (Å²) >= 11 is 1.54. The molecule has 1 heterocycles. The highest BCUT2D eigenvalue weighted by atomic mass is 32.1. The number of hydrogen-bond acceptors (Lipinski definition) is 5. The Kier molecular flexibility index (Phi) is 4.01. The highest BCUT2D eigenvalue weighted by Crippen LogP contribution is 2.27. The summed E-state index contributed by atoms with van der Waals surface area (Å²) in [6, 6.07) is 4.72. The van der Waals surface area contributed by atoms with Gasteiger partial charge in [0.15, 0.2) is 0 Å². The molecule has 0 radical (unpaired) electrons. The molecule has 1 unspecified atom stereocenters. The number of nitrogens with two attached hydrogens (primary N) is 1. The van der Waals surface area contributed by atoms with Crippen molar-refractivity contribution in [3.8, 4) is 0 Å². The van der Waals surface area contributed by atoms with Crippen LogP contribution >= 0.6 is 11.3 Å². The molecule has 6 heteroatoms. The van der Waals surface area contributed by atoms with E-state index in [1.807, 2.05) is 12.3 Å². The molecule has 2 rings (SSSR count). The minimum Gasteiger partial charge on any atom is -0.478 e. The van der Waals surface area contributed by atoms with Crippen molar-refractivity contribution < 1.29 is 9.90 Å². The zero-order valence-corrected chi connectivity index (χ0v) is 11.3. The van der Waals surface area contributed by atoms with Gasteiger partial charge in [0.1, 0.15) is 5.01 Å². The topological polar surface area (TPSA) is 88.2 Å². The van der Waals surface area contributed by atoms with E-state index in [0.29, 0.717) is 11.4 Å². The van der Waals surface area contributed by atoms with Gasteiger partial charge in [0.2, 0.25) is 0 Å². The lowest BCUT2D eigenvalue weighted by Crippen LogP contribution is -2.13. The summed E-state index contributed by atoms with van der Waals surface area (Å²) in [5.41, 5.74) is 6.98. The van der Waals surface area contributed by atoms with Crippen molar-refractivity contribution in [3.63, 3.8) is 0 Å². The zero-order valence-electron chi connectivity index (χ0n) is 10.5. The molecule has 0 aliphatic heterocycles. The van der Waals surface area contributed by atoms with E-state index in [0.717, 1.165) is 11.4 Å². The largest absolute Gasteiger partial charge is 0.478 e. The van der Waals surface area contributed by atoms with Crippen LogP contribution in [0.2, 0.25) is 0 Å². The van der Waals surface area contributed by atoms with Gasteiger partial charge in [-0.05, 0) is 24.6 Å². The molecule has 100 valence electrons. The number of aromatic nitrogens is 1. The lowest BCUT2D eigenvalue weighted by atomic mass is 10.1. The van der Waals surface area contributed by atoms with Gasteiger partial charge in [-0.1, -0.05) is 6.92 Å². The van der Waals surface area contributed by atoms with E-state index in [-0.39, 0.29) is 11.6 Å². The molecule has 19 heavy (non-hydrogen) atoms. The Hall–Kier alpha value is -2.08. The molecule has 4 N–H and O–H groups in total. The van der Waals surface area contributed by atoms with Crippen LogP contribution in [0.15, 0.2) is 29.8 Å². The maximum absolute atomic E-state index is 11.2. The molecule has 0 fully saturated rings. The zero-order chi connectivity index (χ0) is 13.8. The Morgan fingerprint density at radius 3 is 2.95 bits per heavy atom. The van der Waals surface area contributed by atoms with Crippen LogP contribution in [0, 0.1) is 0 Å². The molecule has 0 saturated heterocycles. The lowest BCUT2D eigenvalue weighted by Gasteiger charge is -2.17.